The highest BCUT2D eigenvalue weighted by atomic mass is 16.6. The summed E-state index contributed by atoms with van der Waals surface area (Å²) in [6, 6.07) is 8.42. The van der Waals surface area contributed by atoms with Crippen LogP contribution in [0.3, 0.4) is 0 Å². The predicted molar refractivity (Wildman–Crippen MR) is 125 cm³/mol. The first-order valence-corrected chi connectivity index (χ1v) is 12.1. The summed E-state index contributed by atoms with van der Waals surface area (Å²) in [5.74, 6) is 0.0156. The van der Waals surface area contributed by atoms with E-state index in [4.69, 9.17) is 14.2 Å². The highest BCUT2D eigenvalue weighted by Crippen LogP contribution is 2.21. The van der Waals surface area contributed by atoms with E-state index in [1.807, 2.05) is 29.2 Å². The number of carbonyl (C=O) groups excluding carboxylic acids is 2. The number of benzene rings is 1. The number of piperazine rings is 1. The number of ether oxygens (including phenoxy) is 3. The molecule has 3 aliphatic rings. The first-order chi connectivity index (χ1) is 16.1. The Morgan fingerprint density at radius 3 is 2.33 bits per heavy atom. The van der Waals surface area contributed by atoms with Gasteiger partial charge in [0.25, 0.3) is 5.91 Å². The van der Waals surface area contributed by atoms with Gasteiger partial charge in [-0.2, -0.15) is 0 Å². The zero-order valence-corrected chi connectivity index (χ0v) is 19.5. The summed E-state index contributed by atoms with van der Waals surface area (Å²) in [5, 5.41) is 3.63. The Balaban J connectivity index is 1.21. The summed E-state index contributed by atoms with van der Waals surface area (Å²) in [6.07, 6.45) is 2.03. The molecule has 0 aliphatic carbocycles. The van der Waals surface area contributed by atoms with Crippen molar-refractivity contribution in [2.24, 2.45) is 0 Å². The standard InChI is InChI=1S/C24H36N4O5/c1-2-32-24(30)28-13-11-27(12-14-28)23(29)19-3-5-21(6-4-19)26-9-7-20(8-10-26)25-17-22-18-31-15-16-33-22/h3-6,20,22,25H,2,7-18H2,1H3/t22-/m0/s1. The van der Waals surface area contributed by atoms with Gasteiger partial charge in [0.05, 0.1) is 32.5 Å². The number of hydrogen-bond acceptors (Lipinski definition) is 7. The molecular weight excluding hydrogens is 424 g/mol. The Morgan fingerprint density at radius 1 is 1.00 bits per heavy atom. The average Bonchev–Trinajstić information content (AvgIpc) is 2.88. The highest BCUT2D eigenvalue weighted by Gasteiger charge is 2.26. The van der Waals surface area contributed by atoms with E-state index < -0.39 is 0 Å². The molecule has 182 valence electrons. The van der Waals surface area contributed by atoms with E-state index in [0.29, 0.717) is 64.2 Å². The largest absolute Gasteiger partial charge is 0.450 e. The van der Waals surface area contributed by atoms with Crippen LogP contribution in [0.2, 0.25) is 0 Å². The molecule has 9 nitrogen and oxygen atoms in total. The van der Waals surface area contributed by atoms with Gasteiger partial charge in [0.15, 0.2) is 0 Å². The Hall–Kier alpha value is -2.36. The molecule has 3 fully saturated rings. The van der Waals surface area contributed by atoms with Crippen LogP contribution in [0, 0.1) is 0 Å². The van der Waals surface area contributed by atoms with E-state index in [1.54, 1.807) is 11.8 Å². The van der Waals surface area contributed by atoms with Crippen molar-refractivity contribution in [2.45, 2.75) is 31.9 Å². The lowest BCUT2D eigenvalue weighted by Crippen LogP contribution is -2.50. The Morgan fingerprint density at radius 2 is 1.70 bits per heavy atom. The highest BCUT2D eigenvalue weighted by molar-refractivity contribution is 5.94. The zero-order valence-electron chi connectivity index (χ0n) is 19.5. The molecule has 3 heterocycles. The first-order valence-electron chi connectivity index (χ1n) is 12.1. The van der Waals surface area contributed by atoms with Crippen molar-refractivity contribution in [3.63, 3.8) is 0 Å². The van der Waals surface area contributed by atoms with Crippen molar-refractivity contribution in [1.29, 1.82) is 0 Å². The van der Waals surface area contributed by atoms with Crippen LogP contribution < -0.4 is 10.2 Å². The van der Waals surface area contributed by atoms with E-state index in [-0.39, 0.29) is 18.1 Å². The molecular formula is C24H36N4O5. The third-order valence-electron chi connectivity index (χ3n) is 6.59. The van der Waals surface area contributed by atoms with Crippen LogP contribution in [0.25, 0.3) is 0 Å². The van der Waals surface area contributed by atoms with Crippen LogP contribution in [0.4, 0.5) is 10.5 Å². The molecule has 0 saturated carbocycles. The smallest absolute Gasteiger partial charge is 0.409 e. The lowest BCUT2D eigenvalue weighted by atomic mass is 10.0. The van der Waals surface area contributed by atoms with Gasteiger partial charge in [0, 0.05) is 63.1 Å². The van der Waals surface area contributed by atoms with Gasteiger partial charge in [-0.15, -0.1) is 0 Å². The number of piperidine rings is 1. The van der Waals surface area contributed by atoms with Crippen LogP contribution in [0.1, 0.15) is 30.1 Å². The summed E-state index contributed by atoms with van der Waals surface area (Å²) in [6.45, 7) is 9.11. The maximum absolute atomic E-state index is 12.9. The SMILES string of the molecule is CCOC(=O)N1CCN(C(=O)c2ccc(N3CCC(NC[C@H]4COCCO4)CC3)cc2)CC1. The van der Waals surface area contributed by atoms with Crippen LogP contribution in [0.15, 0.2) is 24.3 Å². The second-order valence-electron chi connectivity index (χ2n) is 8.76. The van der Waals surface area contributed by atoms with Crippen molar-refractivity contribution in [3.8, 4) is 0 Å². The summed E-state index contributed by atoms with van der Waals surface area (Å²) >= 11 is 0. The molecule has 9 heteroatoms. The summed E-state index contributed by atoms with van der Waals surface area (Å²) < 4.78 is 16.2. The third-order valence-corrected chi connectivity index (χ3v) is 6.59. The average molecular weight is 461 g/mol. The monoisotopic (exact) mass is 460 g/mol. The Kier molecular flexibility index (Phi) is 8.41. The number of nitrogens with zero attached hydrogens (tertiary/aromatic N) is 3. The van der Waals surface area contributed by atoms with Gasteiger partial charge in [-0.05, 0) is 44.0 Å². The molecule has 0 spiro atoms. The molecule has 0 bridgehead atoms. The topological polar surface area (TPSA) is 83.6 Å². The predicted octanol–water partition coefficient (Wildman–Crippen LogP) is 1.57. The second-order valence-corrected chi connectivity index (χ2v) is 8.76. The van der Waals surface area contributed by atoms with Crippen molar-refractivity contribution in [3.05, 3.63) is 29.8 Å². The molecule has 1 aromatic rings. The summed E-state index contributed by atoms with van der Waals surface area (Å²) in [5.41, 5.74) is 1.84. The summed E-state index contributed by atoms with van der Waals surface area (Å²) in [4.78, 5) is 30.6. The minimum Gasteiger partial charge on any atom is -0.450 e. The van der Waals surface area contributed by atoms with E-state index in [1.165, 1.54) is 0 Å². The molecule has 0 unspecified atom stereocenters. The van der Waals surface area contributed by atoms with Crippen molar-refractivity contribution < 1.29 is 23.8 Å². The van der Waals surface area contributed by atoms with Gasteiger partial charge in [0.1, 0.15) is 0 Å². The van der Waals surface area contributed by atoms with Crippen LogP contribution >= 0.6 is 0 Å². The van der Waals surface area contributed by atoms with Crippen LogP contribution in [0.5, 0.6) is 0 Å². The van der Waals surface area contributed by atoms with E-state index >= 15 is 0 Å². The second kappa shape index (κ2) is 11.7. The molecule has 3 aliphatic heterocycles. The number of anilines is 1. The molecule has 1 atom stereocenters. The normalized spacial score (nSPS) is 22.3. The number of rotatable bonds is 6. The number of amides is 2. The summed E-state index contributed by atoms with van der Waals surface area (Å²) in [7, 11) is 0. The molecule has 0 aromatic heterocycles. The van der Waals surface area contributed by atoms with E-state index in [0.717, 1.165) is 38.2 Å². The number of nitrogens with one attached hydrogen (secondary N) is 1. The molecule has 1 aromatic carbocycles. The molecule has 0 radical (unpaired) electrons. The minimum absolute atomic E-state index is 0.0156. The van der Waals surface area contributed by atoms with Crippen LogP contribution in [-0.2, 0) is 14.2 Å². The van der Waals surface area contributed by atoms with Gasteiger partial charge in [0.2, 0.25) is 0 Å². The van der Waals surface area contributed by atoms with Gasteiger partial charge in [-0.3, -0.25) is 4.79 Å². The lowest BCUT2D eigenvalue weighted by molar-refractivity contribution is -0.0872. The van der Waals surface area contributed by atoms with Gasteiger partial charge >= 0.3 is 6.09 Å². The van der Waals surface area contributed by atoms with Crippen LogP contribution in [-0.4, -0.2) is 106 Å². The quantitative estimate of drug-likeness (QED) is 0.690. The number of carbonyl (C=O) groups is 2. The first kappa shape index (κ1) is 23.8. The molecule has 33 heavy (non-hydrogen) atoms. The maximum atomic E-state index is 12.9. The van der Waals surface area contributed by atoms with Gasteiger partial charge in [-0.1, -0.05) is 0 Å². The lowest BCUT2D eigenvalue weighted by Gasteiger charge is -2.35. The molecule has 2 amide bonds. The Bertz CT molecular complexity index is 768. The zero-order chi connectivity index (χ0) is 23.0. The molecule has 4 rings (SSSR count). The fourth-order valence-corrected chi connectivity index (χ4v) is 4.60. The van der Waals surface area contributed by atoms with Crippen molar-refractivity contribution >= 4 is 17.7 Å². The Labute approximate surface area is 195 Å². The van der Waals surface area contributed by atoms with E-state index in [9.17, 15) is 9.59 Å². The molecule has 3 saturated heterocycles. The van der Waals surface area contributed by atoms with Gasteiger partial charge < -0.3 is 34.2 Å². The molecule has 1 N–H and O–H groups in total. The van der Waals surface area contributed by atoms with Gasteiger partial charge in [-0.25, -0.2) is 4.79 Å². The van der Waals surface area contributed by atoms with E-state index in [2.05, 4.69) is 10.2 Å². The fourth-order valence-electron chi connectivity index (χ4n) is 4.60. The third kappa shape index (κ3) is 6.37. The maximum Gasteiger partial charge on any atom is 0.409 e. The van der Waals surface area contributed by atoms with Crippen molar-refractivity contribution in [1.82, 2.24) is 15.1 Å². The number of hydrogen-bond donors (Lipinski definition) is 1. The fraction of sp³-hybridized carbons (Fsp3) is 0.667. The minimum atomic E-state index is -0.302. The van der Waals surface area contributed by atoms with Crippen molar-refractivity contribution in [2.75, 3.05) is 77.1 Å².